The van der Waals surface area contributed by atoms with Crippen LogP contribution in [0.3, 0.4) is 0 Å². The van der Waals surface area contributed by atoms with E-state index in [1.807, 2.05) is 0 Å². The molecule has 0 fully saturated rings. The number of hydrogen-bond donors (Lipinski definition) is 1. The summed E-state index contributed by atoms with van der Waals surface area (Å²) in [5.41, 5.74) is 0. The molecule has 3 atom stereocenters. The summed E-state index contributed by atoms with van der Waals surface area (Å²) in [4.78, 5) is 0. The predicted octanol–water partition coefficient (Wildman–Crippen LogP) is 3.98. The fourth-order valence-electron chi connectivity index (χ4n) is 1.75. The number of unbranched alkanes of at least 4 members (excludes halogenated alkanes) is 2. The van der Waals surface area contributed by atoms with Crippen LogP contribution in [0.25, 0.3) is 0 Å². The Hall–Kier alpha value is -0.0400. The second-order valence-electron chi connectivity index (χ2n) is 4.74. The normalized spacial score (nSPS) is 17.8. The smallest absolute Gasteiger partial charge is 0.00667 e. The molecule has 0 aliphatic carbocycles. The van der Waals surface area contributed by atoms with Crippen LogP contribution in [0.1, 0.15) is 66.7 Å². The van der Waals surface area contributed by atoms with E-state index in [9.17, 15) is 0 Å². The van der Waals surface area contributed by atoms with Gasteiger partial charge in [0.2, 0.25) is 0 Å². The highest BCUT2D eigenvalue weighted by molar-refractivity contribution is 4.71. The lowest BCUT2D eigenvalue weighted by atomic mass is 9.99. The summed E-state index contributed by atoms with van der Waals surface area (Å²) in [6.07, 6.45) is 6.68. The molecule has 1 nitrogen and oxygen atoms in total. The summed E-state index contributed by atoms with van der Waals surface area (Å²) in [6, 6.07) is 1.35. The van der Waals surface area contributed by atoms with Crippen molar-refractivity contribution in [1.29, 1.82) is 0 Å². The lowest BCUT2D eigenvalue weighted by molar-refractivity contribution is 0.343. The summed E-state index contributed by atoms with van der Waals surface area (Å²) in [6.45, 7) is 11.5. The van der Waals surface area contributed by atoms with E-state index in [-0.39, 0.29) is 0 Å². The van der Waals surface area contributed by atoms with Gasteiger partial charge in [-0.15, -0.1) is 0 Å². The molecular weight excluding hydrogens is 170 g/mol. The first-order valence-electron chi connectivity index (χ1n) is 6.37. The minimum atomic E-state index is 0.664. The maximum Gasteiger partial charge on any atom is 0.00667 e. The lowest BCUT2D eigenvalue weighted by Gasteiger charge is -2.24. The molecule has 0 radical (unpaired) electrons. The van der Waals surface area contributed by atoms with Crippen LogP contribution >= 0.6 is 0 Å². The molecule has 0 saturated heterocycles. The van der Waals surface area contributed by atoms with Crippen LogP contribution in [0.5, 0.6) is 0 Å². The van der Waals surface area contributed by atoms with E-state index in [1.54, 1.807) is 0 Å². The zero-order valence-corrected chi connectivity index (χ0v) is 10.8. The Morgan fingerprint density at radius 1 is 1.00 bits per heavy atom. The fraction of sp³-hybridized carbons (Fsp3) is 1.00. The van der Waals surface area contributed by atoms with Crippen LogP contribution in [0.2, 0.25) is 0 Å². The minimum absolute atomic E-state index is 0.664. The van der Waals surface area contributed by atoms with E-state index >= 15 is 0 Å². The molecule has 14 heavy (non-hydrogen) atoms. The Bertz CT molecular complexity index is 122. The van der Waals surface area contributed by atoms with Gasteiger partial charge in [-0.25, -0.2) is 0 Å². The Balaban J connectivity index is 3.54. The van der Waals surface area contributed by atoms with E-state index in [0.29, 0.717) is 12.1 Å². The molecule has 0 aromatic heterocycles. The van der Waals surface area contributed by atoms with E-state index in [1.165, 1.54) is 32.1 Å². The Kier molecular flexibility index (Phi) is 8.26. The van der Waals surface area contributed by atoms with Crippen molar-refractivity contribution in [2.24, 2.45) is 5.92 Å². The van der Waals surface area contributed by atoms with E-state index in [2.05, 4.69) is 39.9 Å². The van der Waals surface area contributed by atoms with Crippen molar-refractivity contribution in [3.05, 3.63) is 0 Å². The van der Waals surface area contributed by atoms with Gasteiger partial charge in [0, 0.05) is 12.1 Å². The monoisotopic (exact) mass is 199 g/mol. The molecule has 0 spiro atoms. The number of rotatable bonds is 8. The fourth-order valence-corrected chi connectivity index (χ4v) is 1.75. The van der Waals surface area contributed by atoms with Crippen molar-refractivity contribution in [1.82, 2.24) is 5.32 Å². The first-order valence-corrected chi connectivity index (χ1v) is 6.37. The van der Waals surface area contributed by atoms with Crippen molar-refractivity contribution < 1.29 is 0 Å². The summed E-state index contributed by atoms with van der Waals surface area (Å²) in [5, 5.41) is 3.69. The van der Waals surface area contributed by atoms with Crippen molar-refractivity contribution in [3.63, 3.8) is 0 Å². The van der Waals surface area contributed by atoms with Crippen LogP contribution in [0, 0.1) is 5.92 Å². The Labute approximate surface area is 90.7 Å². The third-order valence-electron chi connectivity index (χ3n) is 3.29. The highest BCUT2D eigenvalue weighted by atomic mass is 14.9. The standard InChI is InChI=1S/C13H29N/c1-6-8-9-10-12(4)14-13(5)11(3)7-2/h11-14H,6-10H2,1-5H3. The zero-order chi connectivity index (χ0) is 11.0. The van der Waals surface area contributed by atoms with Crippen molar-refractivity contribution >= 4 is 0 Å². The summed E-state index contributed by atoms with van der Waals surface area (Å²) in [5.74, 6) is 0.795. The molecule has 86 valence electrons. The van der Waals surface area contributed by atoms with Crippen LogP contribution in [0.15, 0.2) is 0 Å². The molecule has 0 rings (SSSR count). The molecule has 0 saturated carbocycles. The first-order chi connectivity index (χ1) is 6.61. The topological polar surface area (TPSA) is 12.0 Å². The lowest BCUT2D eigenvalue weighted by Crippen LogP contribution is -2.38. The van der Waals surface area contributed by atoms with Crippen LogP contribution < -0.4 is 5.32 Å². The number of hydrogen-bond acceptors (Lipinski definition) is 1. The Morgan fingerprint density at radius 2 is 1.64 bits per heavy atom. The van der Waals surface area contributed by atoms with Gasteiger partial charge in [0.1, 0.15) is 0 Å². The van der Waals surface area contributed by atoms with Crippen LogP contribution in [0.4, 0.5) is 0 Å². The maximum absolute atomic E-state index is 3.69. The second-order valence-corrected chi connectivity index (χ2v) is 4.74. The van der Waals surface area contributed by atoms with Gasteiger partial charge >= 0.3 is 0 Å². The largest absolute Gasteiger partial charge is 0.312 e. The van der Waals surface area contributed by atoms with Crippen molar-refractivity contribution in [2.75, 3.05) is 0 Å². The molecule has 0 heterocycles. The van der Waals surface area contributed by atoms with E-state index in [0.717, 1.165) is 5.92 Å². The third-order valence-corrected chi connectivity index (χ3v) is 3.29. The summed E-state index contributed by atoms with van der Waals surface area (Å²) >= 11 is 0. The van der Waals surface area contributed by atoms with Crippen LogP contribution in [-0.2, 0) is 0 Å². The van der Waals surface area contributed by atoms with Gasteiger partial charge in [0.05, 0.1) is 0 Å². The molecule has 1 N–H and O–H groups in total. The molecule has 0 bridgehead atoms. The maximum atomic E-state index is 3.69. The molecule has 0 aromatic rings. The average Bonchev–Trinajstić information content (AvgIpc) is 2.16. The molecule has 0 aliphatic rings. The minimum Gasteiger partial charge on any atom is -0.312 e. The van der Waals surface area contributed by atoms with Gasteiger partial charge in [-0.3, -0.25) is 0 Å². The summed E-state index contributed by atoms with van der Waals surface area (Å²) in [7, 11) is 0. The molecule has 0 amide bonds. The first kappa shape index (κ1) is 14.0. The van der Waals surface area contributed by atoms with E-state index < -0.39 is 0 Å². The quantitative estimate of drug-likeness (QED) is 0.583. The molecule has 0 aromatic carbocycles. The molecular formula is C13H29N. The van der Waals surface area contributed by atoms with Gasteiger partial charge in [0.25, 0.3) is 0 Å². The SMILES string of the molecule is CCCCCC(C)NC(C)C(C)CC. The van der Waals surface area contributed by atoms with Crippen molar-refractivity contribution in [3.8, 4) is 0 Å². The highest BCUT2D eigenvalue weighted by Gasteiger charge is 2.12. The second kappa shape index (κ2) is 8.28. The van der Waals surface area contributed by atoms with Gasteiger partial charge < -0.3 is 5.32 Å². The molecule has 3 unspecified atom stereocenters. The van der Waals surface area contributed by atoms with Gasteiger partial charge in [0.15, 0.2) is 0 Å². The highest BCUT2D eigenvalue weighted by Crippen LogP contribution is 2.09. The number of nitrogens with one attached hydrogen (secondary N) is 1. The van der Waals surface area contributed by atoms with Crippen LogP contribution in [-0.4, -0.2) is 12.1 Å². The van der Waals surface area contributed by atoms with Crippen molar-refractivity contribution in [2.45, 2.75) is 78.8 Å². The molecule has 1 heteroatoms. The van der Waals surface area contributed by atoms with Gasteiger partial charge in [-0.1, -0.05) is 46.5 Å². The van der Waals surface area contributed by atoms with Gasteiger partial charge in [-0.05, 0) is 26.2 Å². The Morgan fingerprint density at radius 3 is 2.14 bits per heavy atom. The predicted molar refractivity (Wildman–Crippen MR) is 65.7 cm³/mol. The van der Waals surface area contributed by atoms with E-state index in [4.69, 9.17) is 0 Å². The zero-order valence-electron chi connectivity index (χ0n) is 10.8. The third kappa shape index (κ3) is 6.42. The summed E-state index contributed by atoms with van der Waals surface area (Å²) < 4.78 is 0. The molecule has 0 aliphatic heterocycles. The average molecular weight is 199 g/mol. The van der Waals surface area contributed by atoms with Gasteiger partial charge in [-0.2, -0.15) is 0 Å².